The van der Waals surface area contributed by atoms with Crippen molar-refractivity contribution in [2.24, 2.45) is 5.41 Å². The molecule has 0 radical (unpaired) electrons. The molecule has 0 aliphatic carbocycles. The highest BCUT2D eigenvalue weighted by molar-refractivity contribution is 7.09. The summed E-state index contributed by atoms with van der Waals surface area (Å²) in [5.41, 5.74) is -0.635. The van der Waals surface area contributed by atoms with Crippen molar-refractivity contribution >= 4 is 17.3 Å². The lowest BCUT2D eigenvalue weighted by atomic mass is 9.82. The van der Waals surface area contributed by atoms with Crippen molar-refractivity contribution in [1.82, 2.24) is 0 Å². The molecule has 1 N–H and O–H groups in total. The minimum absolute atomic E-state index is 0.369. The molecular weight excluding hydrogens is 212 g/mol. The maximum absolute atomic E-state index is 11.2. The van der Waals surface area contributed by atoms with Crippen LogP contribution in [0.1, 0.15) is 17.7 Å². The van der Waals surface area contributed by atoms with Gasteiger partial charge in [0.2, 0.25) is 0 Å². The first kappa shape index (κ1) is 10.6. The quantitative estimate of drug-likeness (QED) is 0.855. The number of carboxylic acids is 1. The Bertz CT molecular complexity index is 326. The molecule has 4 heteroatoms. The average Bonchev–Trinajstić information content (AvgIpc) is 2.87. The lowest BCUT2D eigenvalue weighted by molar-refractivity contribution is -0.149. The molecule has 2 rings (SSSR count). The van der Waals surface area contributed by atoms with E-state index in [0.29, 0.717) is 26.1 Å². The maximum Gasteiger partial charge on any atom is 0.312 e. The molecule has 1 aromatic heterocycles. The molecule has 1 fully saturated rings. The predicted molar refractivity (Wildman–Crippen MR) is 58.1 cm³/mol. The van der Waals surface area contributed by atoms with Crippen LogP contribution in [-0.2, 0) is 16.0 Å². The molecule has 1 atom stereocenters. The van der Waals surface area contributed by atoms with Crippen LogP contribution in [0.3, 0.4) is 0 Å². The van der Waals surface area contributed by atoms with Gasteiger partial charge in [0.1, 0.15) is 0 Å². The Morgan fingerprint density at radius 2 is 2.53 bits per heavy atom. The average molecular weight is 226 g/mol. The van der Waals surface area contributed by atoms with E-state index in [2.05, 4.69) is 6.07 Å². The first-order chi connectivity index (χ1) is 7.23. The van der Waals surface area contributed by atoms with E-state index in [-0.39, 0.29) is 0 Å². The number of rotatable bonds is 4. The van der Waals surface area contributed by atoms with E-state index in [4.69, 9.17) is 4.74 Å². The van der Waals surface area contributed by atoms with Gasteiger partial charge >= 0.3 is 5.97 Å². The van der Waals surface area contributed by atoms with Crippen molar-refractivity contribution in [2.45, 2.75) is 19.3 Å². The third kappa shape index (κ3) is 2.21. The zero-order chi connectivity index (χ0) is 10.7. The molecule has 0 spiro atoms. The van der Waals surface area contributed by atoms with Crippen LogP contribution in [0.4, 0.5) is 0 Å². The molecule has 82 valence electrons. The van der Waals surface area contributed by atoms with E-state index < -0.39 is 11.4 Å². The van der Waals surface area contributed by atoms with Gasteiger partial charge in [-0.2, -0.15) is 0 Å². The lowest BCUT2D eigenvalue weighted by Crippen LogP contribution is -2.31. The van der Waals surface area contributed by atoms with Gasteiger partial charge in [-0.1, -0.05) is 6.07 Å². The van der Waals surface area contributed by atoms with Crippen LogP contribution in [0.15, 0.2) is 17.5 Å². The molecule has 0 bridgehead atoms. The SMILES string of the molecule is O=C(O)C1(CCc2cccs2)CCOC1. The van der Waals surface area contributed by atoms with Gasteiger partial charge in [0.25, 0.3) is 0 Å². The highest BCUT2D eigenvalue weighted by atomic mass is 32.1. The van der Waals surface area contributed by atoms with E-state index in [1.807, 2.05) is 11.4 Å². The summed E-state index contributed by atoms with van der Waals surface area (Å²) in [6, 6.07) is 4.05. The molecule has 1 saturated heterocycles. The van der Waals surface area contributed by atoms with Crippen molar-refractivity contribution < 1.29 is 14.6 Å². The molecule has 0 amide bonds. The van der Waals surface area contributed by atoms with E-state index in [1.54, 1.807) is 11.3 Å². The van der Waals surface area contributed by atoms with Crippen molar-refractivity contribution in [3.8, 4) is 0 Å². The van der Waals surface area contributed by atoms with Crippen LogP contribution < -0.4 is 0 Å². The molecule has 0 saturated carbocycles. The highest BCUT2D eigenvalue weighted by Crippen LogP contribution is 2.34. The second-order valence-electron chi connectivity index (χ2n) is 3.97. The van der Waals surface area contributed by atoms with Gasteiger partial charge in [0.05, 0.1) is 12.0 Å². The summed E-state index contributed by atoms with van der Waals surface area (Å²) in [5.74, 6) is -0.712. The van der Waals surface area contributed by atoms with E-state index >= 15 is 0 Å². The first-order valence-corrected chi connectivity index (χ1v) is 5.94. The van der Waals surface area contributed by atoms with Crippen LogP contribution >= 0.6 is 11.3 Å². The lowest BCUT2D eigenvalue weighted by Gasteiger charge is -2.21. The number of hydrogen-bond acceptors (Lipinski definition) is 3. The normalized spacial score (nSPS) is 25.6. The molecule has 1 aromatic rings. The number of ether oxygens (including phenoxy) is 1. The first-order valence-electron chi connectivity index (χ1n) is 5.06. The minimum atomic E-state index is -0.712. The molecule has 2 heterocycles. The topological polar surface area (TPSA) is 46.5 Å². The predicted octanol–water partition coefficient (Wildman–Crippen LogP) is 2.17. The fraction of sp³-hybridized carbons (Fsp3) is 0.545. The third-order valence-corrected chi connectivity index (χ3v) is 3.92. The maximum atomic E-state index is 11.2. The monoisotopic (exact) mass is 226 g/mol. The summed E-state index contributed by atoms with van der Waals surface area (Å²) in [5, 5.41) is 11.2. The fourth-order valence-electron chi connectivity index (χ4n) is 1.90. The Hall–Kier alpha value is -0.870. The van der Waals surface area contributed by atoms with Gasteiger partial charge in [-0.25, -0.2) is 0 Å². The van der Waals surface area contributed by atoms with Gasteiger partial charge in [-0.15, -0.1) is 11.3 Å². The number of carboxylic acid groups (broad SMARTS) is 1. The fourth-order valence-corrected chi connectivity index (χ4v) is 2.61. The summed E-state index contributed by atoms with van der Waals surface area (Å²) >= 11 is 1.68. The Labute approximate surface area is 92.7 Å². The third-order valence-electron chi connectivity index (χ3n) is 2.99. The second-order valence-corrected chi connectivity index (χ2v) is 5.00. The van der Waals surface area contributed by atoms with Crippen molar-refractivity contribution in [2.75, 3.05) is 13.2 Å². The van der Waals surface area contributed by atoms with Crippen LogP contribution in [0.25, 0.3) is 0 Å². The Morgan fingerprint density at radius 3 is 3.07 bits per heavy atom. The summed E-state index contributed by atoms with van der Waals surface area (Å²) in [6.07, 6.45) is 2.17. The summed E-state index contributed by atoms with van der Waals surface area (Å²) in [6.45, 7) is 0.949. The smallest absolute Gasteiger partial charge is 0.312 e. The summed E-state index contributed by atoms with van der Waals surface area (Å²) in [7, 11) is 0. The zero-order valence-electron chi connectivity index (χ0n) is 8.44. The largest absolute Gasteiger partial charge is 0.481 e. The minimum Gasteiger partial charge on any atom is -0.481 e. The van der Waals surface area contributed by atoms with Crippen molar-refractivity contribution in [3.63, 3.8) is 0 Å². The molecule has 0 aromatic carbocycles. The standard InChI is InChI=1S/C11H14O3S/c12-10(13)11(5-6-14-8-11)4-3-9-2-1-7-15-9/h1-2,7H,3-6,8H2,(H,12,13). The number of thiophene rings is 1. The van der Waals surface area contributed by atoms with Gasteiger partial charge in [-0.3, -0.25) is 4.79 Å². The Balaban J connectivity index is 1.99. The van der Waals surface area contributed by atoms with Crippen LogP contribution in [-0.4, -0.2) is 24.3 Å². The number of aliphatic carboxylic acids is 1. The molecule has 3 nitrogen and oxygen atoms in total. The summed E-state index contributed by atoms with van der Waals surface area (Å²) < 4.78 is 5.21. The second kappa shape index (κ2) is 4.33. The van der Waals surface area contributed by atoms with E-state index in [1.165, 1.54) is 4.88 Å². The zero-order valence-corrected chi connectivity index (χ0v) is 9.26. The van der Waals surface area contributed by atoms with Gasteiger partial charge in [0.15, 0.2) is 0 Å². The van der Waals surface area contributed by atoms with Crippen molar-refractivity contribution in [1.29, 1.82) is 0 Å². The highest BCUT2D eigenvalue weighted by Gasteiger charge is 2.41. The molecule has 15 heavy (non-hydrogen) atoms. The van der Waals surface area contributed by atoms with Crippen LogP contribution in [0.2, 0.25) is 0 Å². The van der Waals surface area contributed by atoms with Gasteiger partial charge in [0, 0.05) is 11.5 Å². The number of hydrogen-bond donors (Lipinski definition) is 1. The van der Waals surface area contributed by atoms with Crippen LogP contribution in [0.5, 0.6) is 0 Å². The molecule has 1 aliphatic heterocycles. The Kier molecular flexibility index (Phi) is 3.07. The van der Waals surface area contributed by atoms with E-state index in [9.17, 15) is 9.90 Å². The molecule has 1 aliphatic rings. The Morgan fingerprint density at radius 1 is 1.67 bits per heavy atom. The van der Waals surface area contributed by atoms with Crippen LogP contribution in [0, 0.1) is 5.41 Å². The summed E-state index contributed by atoms with van der Waals surface area (Å²) in [4.78, 5) is 12.5. The molecular formula is C11H14O3S. The van der Waals surface area contributed by atoms with Crippen molar-refractivity contribution in [3.05, 3.63) is 22.4 Å². The van der Waals surface area contributed by atoms with E-state index in [0.717, 1.165) is 6.42 Å². The number of carbonyl (C=O) groups is 1. The van der Waals surface area contributed by atoms with Gasteiger partial charge < -0.3 is 9.84 Å². The van der Waals surface area contributed by atoms with Gasteiger partial charge in [-0.05, 0) is 30.7 Å². The molecule has 1 unspecified atom stereocenters. The number of aryl methyl sites for hydroxylation is 1.